The highest BCUT2D eigenvalue weighted by Gasteiger charge is 2.13. The molecule has 0 saturated carbocycles. The molecular formula is C19H16BrNO2S. The fraction of sp³-hybridized carbons (Fsp3) is 0.105. The molecule has 1 amide bonds. The lowest BCUT2D eigenvalue weighted by molar-refractivity contribution is 0.0951. The Morgan fingerprint density at radius 1 is 1.04 bits per heavy atom. The van der Waals surface area contributed by atoms with Crippen LogP contribution in [0.3, 0.4) is 0 Å². The molecule has 24 heavy (non-hydrogen) atoms. The summed E-state index contributed by atoms with van der Waals surface area (Å²) in [7, 11) is 0. The van der Waals surface area contributed by atoms with E-state index in [2.05, 4.69) is 21.2 Å². The number of rotatable bonds is 5. The summed E-state index contributed by atoms with van der Waals surface area (Å²) >= 11 is 4.86. The van der Waals surface area contributed by atoms with Crippen LogP contribution in [0.2, 0.25) is 0 Å². The maximum Gasteiger partial charge on any atom is 0.251 e. The van der Waals surface area contributed by atoms with Gasteiger partial charge in [-0.25, -0.2) is 0 Å². The van der Waals surface area contributed by atoms with E-state index in [0.717, 1.165) is 19.8 Å². The van der Waals surface area contributed by atoms with Crippen molar-refractivity contribution in [1.29, 1.82) is 0 Å². The molecule has 0 aliphatic carbocycles. The predicted octanol–water partition coefficient (Wildman–Crippen LogP) is 4.52. The van der Waals surface area contributed by atoms with Gasteiger partial charge in [0.25, 0.3) is 5.91 Å². The quantitative estimate of drug-likeness (QED) is 0.659. The third kappa shape index (κ3) is 4.12. The number of halogens is 1. The van der Waals surface area contributed by atoms with Crippen LogP contribution < -0.4 is 5.32 Å². The normalized spacial score (nSPS) is 11.9. The summed E-state index contributed by atoms with van der Waals surface area (Å²) < 4.78 is 0.942. The van der Waals surface area contributed by atoms with Crippen LogP contribution in [-0.2, 0) is 6.54 Å². The first kappa shape index (κ1) is 16.9. The largest absolute Gasteiger partial charge is 0.383 e. The molecule has 0 aliphatic rings. The Morgan fingerprint density at radius 2 is 1.75 bits per heavy atom. The number of thiophene rings is 1. The van der Waals surface area contributed by atoms with Gasteiger partial charge in [0.15, 0.2) is 0 Å². The minimum Gasteiger partial charge on any atom is -0.383 e. The number of carbonyl (C=O) groups excluding carboxylic acids is 1. The average Bonchev–Trinajstić information content (AvgIpc) is 3.09. The highest BCUT2D eigenvalue weighted by molar-refractivity contribution is 9.10. The molecule has 5 heteroatoms. The molecule has 0 fully saturated rings. The molecule has 0 aliphatic heterocycles. The molecule has 3 rings (SSSR count). The van der Waals surface area contributed by atoms with Crippen molar-refractivity contribution in [3.63, 3.8) is 0 Å². The van der Waals surface area contributed by atoms with E-state index < -0.39 is 6.10 Å². The van der Waals surface area contributed by atoms with Crippen molar-refractivity contribution in [2.45, 2.75) is 12.6 Å². The van der Waals surface area contributed by atoms with Crippen molar-refractivity contribution in [3.05, 3.63) is 92.1 Å². The Hall–Kier alpha value is -1.95. The number of hydrogen-bond donors (Lipinski definition) is 2. The Morgan fingerprint density at radius 3 is 2.46 bits per heavy atom. The molecule has 0 saturated heterocycles. The fourth-order valence-corrected chi connectivity index (χ4v) is 3.54. The molecule has 1 atom stereocenters. The van der Waals surface area contributed by atoms with E-state index in [4.69, 9.17) is 0 Å². The molecule has 3 aromatic rings. The maximum atomic E-state index is 12.1. The first-order valence-corrected chi connectivity index (χ1v) is 9.10. The van der Waals surface area contributed by atoms with Gasteiger partial charge < -0.3 is 10.4 Å². The molecule has 1 heterocycles. The number of aliphatic hydroxyl groups is 1. The summed E-state index contributed by atoms with van der Waals surface area (Å²) in [6, 6.07) is 20.6. The lowest BCUT2D eigenvalue weighted by Gasteiger charge is -2.08. The first-order chi connectivity index (χ1) is 11.6. The molecule has 2 aromatic carbocycles. The van der Waals surface area contributed by atoms with Gasteiger partial charge in [0.05, 0.1) is 6.54 Å². The molecule has 1 aromatic heterocycles. The number of benzene rings is 2. The molecule has 122 valence electrons. The van der Waals surface area contributed by atoms with E-state index in [1.165, 1.54) is 11.3 Å². The monoisotopic (exact) mass is 401 g/mol. The van der Waals surface area contributed by atoms with Crippen LogP contribution in [0.25, 0.3) is 0 Å². The highest BCUT2D eigenvalue weighted by atomic mass is 79.9. The third-order valence-corrected chi connectivity index (χ3v) is 5.26. The lowest BCUT2D eigenvalue weighted by atomic mass is 10.1. The smallest absolute Gasteiger partial charge is 0.251 e. The van der Waals surface area contributed by atoms with E-state index in [0.29, 0.717) is 12.1 Å². The van der Waals surface area contributed by atoms with Crippen LogP contribution in [0.15, 0.2) is 71.2 Å². The number of aliphatic hydroxyl groups excluding tert-OH is 1. The van der Waals surface area contributed by atoms with Crippen LogP contribution in [0.4, 0.5) is 0 Å². The van der Waals surface area contributed by atoms with Crippen molar-refractivity contribution in [1.82, 2.24) is 5.32 Å². The van der Waals surface area contributed by atoms with Gasteiger partial charge in [-0.05, 0) is 42.0 Å². The summed E-state index contributed by atoms with van der Waals surface area (Å²) in [6.45, 7) is 0.446. The Balaban J connectivity index is 1.62. The lowest BCUT2D eigenvalue weighted by Crippen LogP contribution is -2.22. The van der Waals surface area contributed by atoms with Crippen LogP contribution in [0.1, 0.15) is 31.8 Å². The van der Waals surface area contributed by atoms with E-state index in [9.17, 15) is 9.90 Å². The molecule has 2 N–H and O–H groups in total. The summed E-state index contributed by atoms with van der Waals surface area (Å²) in [5.74, 6) is -0.110. The summed E-state index contributed by atoms with van der Waals surface area (Å²) in [5, 5.41) is 13.3. The van der Waals surface area contributed by atoms with Crippen LogP contribution >= 0.6 is 27.3 Å². The highest BCUT2D eigenvalue weighted by Crippen LogP contribution is 2.28. The van der Waals surface area contributed by atoms with E-state index in [1.54, 1.807) is 12.1 Å². The van der Waals surface area contributed by atoms with Crippen LogP contribution in [-0.4, -0.2) is 11.0 Å². The van der Waals surface area contributed by atoms with Gasteiger partial charge in [-0.1, -0.05) is 46.3 Å². The average molecular weight is 402 g/mol. The van der Waals surface area contributed by atoms with Crippen molar-refractivity contribution in [3.8, 4) is 0 Å². The molecule has 3 nitrogen and oxygen atoms in total. The molecular weight excluding hydrogens is 386 g/mol. The second-order valence-corrected chi connectivity index (χ2v) is 7.42. The van der Waals surface area contributed by atoms with Crippen molar-refractivity contribution < 1.29 is 9.90 Å². The second-order valence-electron chi connectivity index (χ2n) is 5.31. The second kappa shape index (κ2) is 7.75. The minimum atomic E-state index is -0.632. The van der Waals surface area contributed by atoms with E-state index in [-0.39, 0.29) is 5.91 Å². The van der Waals surface area contributed by atoms with E-state index >= 15 is 0 Å². The molecule has 1 unspecified atom stereocenters. The van der Waals surface area contributed by atoms with Crippen molar-refractivity contribution in [2.75, 3.05) is 0 Å². The van der Waals surface area contributed by atoms with Gasteiger partial charge in [0, 0.05) is 19.8 Å². The first-order valence-electron chi connectivity index (χ1n) is 7.49. The van der Waals surface area contributed by atoms with Crippen LogP contribution in [0.5, 0.6) is 0 Å². The molecule has 0 spiro atoms. The van der Waals surface area contributed by atoms with Gasteiger partial charge in [-0.15, -0.1) is 11.3 Å². The zero-order valence-electron chi connectivity index (χ0n) is 12.8. The number of carbonyl (C=O) groups is 1. The third-order valence-electron chi connectivity index (χ3n) is 3.60. The minimum absolute atomic E-state index is 0.110. The van der Waals surface area contributed by atoms with Crippen molar-refractivity contribution in [2.24, 2.45) is 0 Å². The zero-order valence-corrected chi connectivity index (χ0v) is 15.2. The van der Waals surface area contributed by atoms with Gasteiger partial charge in [-0.3, -0.25) is 4.79 Å². The topological polar surface area (TPSA) is 49.3 Å². The Bertz CT molecular complexity index is 815. The predicted molar refractivity (Wildman–Crippen MR) is 100 cm³/mol. The zero-order chi connectivity index (χ0) is 16.9. The standard InChI is InChI=1S/C19H16BrNO2S/c20-15-8-6-14(7-9-15)19(23)21-12-16-10-11-17(24-16)18(22)13-4-2-1-3-5-13/h1-11,18,22H,12H2,(H,21,23). The number of nitrogens with one attached hydrogen (secondary N) is 1. The van der Waals surface area contributed by atoms with E-state index in [1.807, 2.05) is 54.6 Å². The van der Waals surface area contributed by atoms with Gasteiger partial charge in [0.2, 0.25) is 0 Å². The van der Waals surface area contributed by atoms with Crippen LogP contribution in [0, 0.1) is 0 Å². The SMILES string of the molecule is O=C(NCc1ccc(C(O)c2ccccc2)s1)c1ccc(Br)cc1. The Labute approximate surface area is 153 Å². The summed E-state index contributed by atoms with van der Waals surface area (Å²) in [5.41, 5.74) is 1.49. The van der Waals surface area contributed by atoms with Gasteiger partial charge in [-0.2, -0.15) is 0 Å². The van der Waals surface area contributed by atoms with Crippen molar-refractivity contribution >= 4 is 33.2 Å². The fourth-order valence-electron chi connectivity index (χ4n) is 2.31. The summed E-state index contributed by atoms with van der Waals surface area (Å²) in [4.78, 5) is 14.0. The number of amides is 1. The molecule has 0 radical (unpaired) electrons. The Kier molecular flexibility index (Phi) is 5.45. The maximum absolute atomic E-state index is 12.1. The van der Waals surface area contributed by atoms with Gasteiger partial charge in [0.1, 0.15) is 6.10 Å². The molecule has 0 bridgehead atoms. The summed E-state index contributed by atoms with van der Waals surface area (Å²) in [6.07, 6.45) is -0.632. The van der Waals surface area contributed by atoms with Gasteiger partial charge >= 0.3 is 0 Å². The number of hydrogen-bond acceptors (Lipinski definition) is 3.